The summed E-state index contributed by atoms with van der Waals surface area (Å²) in [4.78, 5) is 21.9. The number of phenols is 1. The molecule has 0 aromatic heterocycles. The summed E-state index contributed by atoms with van der Waals surface area (Å²) in [5, 5.41) is 20.8. The van der Waals surface area contributed by atoms with Crippen LogP contribution in [0, 0.1) is 17.0 Å². The lowest BCUT2D eigenvalue weighted by Gasteiger charge is -2.30. The molecule has 0 atom stereocenters. The van der Waals surface area contributed by atoms with Crippen LogP contribution in [0.25, 0.3) is 0 Å². The number of aromatic hydroxyl groups is 1. The number of hydrogen-bond acceptors (Lipinski definition) is 5. The fraction of sp³-hybridized carbons (Fsp3) is 0.417. The second-order valence-electron chi connectivity index (χ2n) is 5.04. The monoisotopic (exact) mass is 251 g/mol. The molecule has 18 heavy (non-hydrogen) atoms. The molecule has 6 heteroatoms. The minimum absolute atomic E-state index is 0.0449. The number of nitro groups is 1. The van der Waals surface area contributed by atoms with E-state index in [1.54, 1.807) is 13.8 Å². The minimum atomic E-state index is -0.636. The molecule has 0 aliphatic carbocycles. The van der Waals surface area contributed by atoms with Crippen molar-refractivity contribution in [1.29, 1.82) is 0 Å². The van der Waals surface area contributed by atoms with Crippen molar-refractivity contribution in [3.63, 3.8) is 0 Å². The molecule has 96 valence electrons. The summed E-state index contributed by atoms with van der Waals surface area (Å²) in [7, 11) is 0. The smallest absolute Gasteiger partial charge is 0.318 e. The van der Waals surface area contributed by atoms with Crippen molar-refractivity contribution in [3.05, 3.63) is 27.3 Å². The third-order valence-electron chi connectivity index (χ3n) is 3.19. The van der Waals surface area contributed by atoms with Crippen LogP contribution in [-0.4, -0.2) is 16.0 Å². The standard InChI is InChI=1S/C12H13NO5/c1-6-8(14)4-7-11(10(6)13(16)17)18-9(15)5-12(7,2)3/h4,14H,5H2,1-3H3. The molecule has 1 aliphatic rings. The molecule has 0 saturated carbocycles. The summed E-state index contributed by atoms with van der Waals surface area (Å²) < 4.78 is 5.00. The summed E-state index contributed by atoms with van der Waals surface area (Å²) >= 11 is 0. The molecule has 0 bridgehead atoms. The van der Waals surface area contributed by atoms with Crippen LogP contribution in [-0.2, 0) is 10.2 Å². The highest BCUT2D eigenvalue weighted by molar-refractivity contribution is 5.81. The van der Waals surface area contributed by atoms with Crippen LogP contribution in [0.5, 0.6) is 11.5 Å². The van der Waals surface area contributed by atoms with Crippen LogP contribution in [0.4, 0.5) is 5.69 Å². The Morgan fingerprint density at radius 1 is 1.50 bits per heavy atom. The lowest BCUT2D eigenvalue weighted by molar-refractivity contribution is -0.386. The molecule has 0 amide bonds. The first-order chi connectivity index (χ1) is 8.24. The summed E-state index contributed by atoms with van der Waals surface area (Å²) in [6.07, 6.45) is 0.125. The van der Waals surface area contributed by atoms with Crippen LogP contribution in [0.1, 0.15) is 31.4 Å². The number of nitrogens with zero attached hydrogens (tertiary/aromatic N) is 1. The molecule has 2 rings (SSSR count). The molecule has 0 radical (unpaired) electrons. The molecule has 1 aliphatic heterocycles. The second kappa shape index (κ2) is 3.69. The Morgan fingerprint density at radius 2 is 2.11 bits per heavy atom. The summed E-state index contributed by atoms with van der Waals surface area (Å²) in [6, 6.07) is 1.43. The Hall–Kier alpha value is -2.11. The van der Waals surface area contributed by atoms with Gasteiger partial charge in [0.25, 0.3) is 0 Å². The molecule has 0 spiro atoms. The maximum Gasteiger partial charge on any atom is 0.318 e. The molecular formula is C12H13NO5. The molecule has 0 unspecified atom stereocenters. The van der Waals surface area contributed by atoms with Gasteiger partial charge < -0.3 is 9.84 Å². The predicted octanol–water partition coefficient (Wildman–Crippen LogP) is 2.20. The van der Waals surface area contributed by atoms with Gasteiger partial charge in [0, 0.05) is 11.0 Å². The predicted molar refractivity (Wildman–Crippen MR) is 62.8 cm³/mol. The van der Waals surface area contributed by atoms with Gasteiger partial charge in [-0.2, -0.15) is 0 Å². The van der Waals surface area contributed by atoms with Gasteiger partial charge in [-0.25, -0.2) is 0 Å². The van der Waals surface area contributed by atoms with E-state index in [9.17, 15) is 20.0 Å². The lowest BCUT2D eigenvalue weighted by atomic mass is 9.78. The molecule has 0 saturated heterocycles. The Balaban J connectivity index is 2.82. The number of phenolic OH excluding ortho intramolecular Hbond substituents is 1. The van der Waals surface area contributed by atoms with Gasteiger partial charge in [0.05, 0.1) is 16.9 Å². The first kappa shape index (κ1) is 12.3. The largest absolute Gasteiger partial charge is 0.507 e. The highest BCUT2D eigenvalue weighted by Crippen LogP contribution is 2.48. The van der Waals surface area contributed by atoms with Crippen LogP contribution in [0.15, 0.2) is 6.07 Å². The normalized spacial score (nSPS) is 16.9. The third-order valence-corrected chi connectivity index (χ3v) is 3.19. The van der Waals surface area contributed by atoms with Crippen molar-refractivity contribution in [1.82, 2.24) is 0 Å². The molecular weight excluding hydrogens is 238 g/mol. The van der Waals surface area contributed by atoms with E-state index in [-0.39, 0.29) is 29.2 Å². The van der Waals surface area contributed by atoms with Crippen molar-refractivity contribution in [2.24, 2.45) is 0 Å². The van der Waals surface area contributed by atoms with E-state index in [2.05, 4.69) is 0 Å². The Morgan fingerprint density at radius 3 is 2.67 bits per heavy atom. The van der Waals surface area contributed by atoms with Crippen molar-refractivity contribution in [2.45, 2.75) is 32.6 Å². The first-order valence-corrected chi connectivity index (χ1v) is 5.46. The van der Waals surface area contributed by atoms with E-state index < -0.39 is 16.3 Å². The third kappa shape index (κ3) is 1.70. The van der Waals surface area contributed by atoms with Gasteiger partial charge in [0.2, 0.25) is 5.75 Å². The van der Waals surface area contributed by atoms with Crippen molar-refractivity contribution in [3.8, 4) is 11.5 Å². The number of carbonyl (C=O) groups excluding carboxylic acids is 1. The molecule has 1 aromatic carbocycles. The number of hydrogen-bond donors (Lipinski definition) is 1. The number of benzene rings is 1. The zero-order valence-corrected chi connectivity index (χ0v) is 10.3. The SMILES string of the molecule is Cc1c(O)cc2c(c1[N+](=O)[O-])OC(=O)CC2(C)C. The van der Waals surface area contributed by atoms with E-state index in [0.29, 0.717) is 5.56 Å². The van der Waals surface area contributed by atoms with Crippen LogP contribution < -0.4 is 4.74 Å². The van der Waals surface area contributed by atoms with Crippen molar-refractivity contribution in [2.75, 3.05) is 0 Å². The minimum Gasteiger partial charge on any atom is -0.507 e. The molecule has 1 heterocycles. The van der Waals surface area contributed by atoms with E-state index >= 15 is 0 Å². The average Bonchev–Trinajstić information content (AvgIpc) is 2.19. The zero-order chi connectivity index (χ0) is 13.7. The molecule has 6 nitrogen and oxygen atoms in total. The van der Waals surface area contributed by atoms with E-state index in [1.807, 2.05) is 0 Å². The van der Waals surface area contributed by atoms with Gasteiger partial charge in [0.15, 0.2) is 0 Å². The van der Waals surface area contributed by atoms with E-state index in [1.165, 1.54) is 13.0 Å². The van der Waals surface area contributed by atoms with Gasteiger partial charge in [-0.1, -0.05) is 13.8 Å². The fourth-order valence-corrected chi connectivity index (χ4v) is 2.16. The van der Waals surface area contributed by atoms with Crippen LogP contribution in [0.3, 0.4) is 0 Å². The number of nitro benzene ring substituents is 1. The van der Waals surface area contributed by atoms with Gasteiger partial charge in [-0.3, -0.25) is 14.9 Å². The lowest BCUT2D eigenvalue weighted by Crippen LogP contribution is -2.31. The molecule has 1 aromatic rings. The summed E-state index contributed by atoms with van der Waals surface area (Å²) in [5.41, 5.74) is -0.354. The topological polar surface area (TPSA) is 89.7 Å². The van der Waals surface area contributed by atoms with Crippen LogP contribution >= 0.6 is 0 Å². The van der Waals surface area contributed by atoms with Crippen molar-refractivity contribution < 1.29 is 19.6 Å². The fourth-order valence-electron chi connectivity index (χ4n) is 2.16. The maximum absolute atomic E-state index is 11.5. The number of carbonyl (C=O) groups is 1. The molecule has 0 fully saturated rings. The first-order valence-electron chi connectivity index (χ1n) is 5.46. The molecule has 1 N–H and O–H groups in total. The zero-order valence-electron chi connectivity index (χ0n) is 10.3. The summed E-state index contributed by atoms with van der Waals surface area (Å²) in [6.45, 7) is 4.98. The van der Waals surface area contributed by atoms with E-state index in [0.717, 1.165) is 0 Å². The second-order valence-corrected chi connectivity index (χ2v) is 5.04. The Labute approximate surface area is 103 Å². The number of esters is 1. The number of ether oxygens (including phenoxy) is 1. The Kier molecular flexibility index (Phi) is 2.53. The number of fused-ring (bicyclic) bond motifs is 1. The Bertz CT molecular complexity index is 562. The number of rotatable bonds is 1. The average molecular weight is 251 g/mol. The highest BCUT2D eigenvalue weighted by atomic mass is 16.6. The highest BCUT2D eigenvalue weighted by Gasteiger charge is 2.40. The van der Waals surface area contributed by atoms with Gasteiger partial charge in [-0.15, -0.1) is 0 Å². The summed E-state index contributed by atoms with van der Waals surface area (Å²) in [5.74, 6) is -0.705. The quantitative estimate of drug-likeness (QED) is 0.357. The van der Waals surface area contributed by atoms with Gasteiger partial charge in [-0.05, 0) is 13.0 Å². The van der Waals surface area contributed by atoms with E-state index in [4.69, 9.17) is 4.74 Å². The maximum atomic E-state index is 11.5. The van der Waals surface area contributed by atoms with Crippen molar-refractivity contribution >= 4 is 11.7 Å². The van der Waals surface area contributed by atoms with Crippen LogP contribution in [0.2, 0.25) is 0 Å². The van der Waals surface area contributed by atoms with Gasteiger partial charge in [0.1, 0.15) is 5.75 Å². The van der Waals surface area contributed by atoms with Gasteiger partial charge >= 0.3 is 11.7 Å².